The molecule has 1 saturated heterocycles. The topological polar surface area (TPSA) is 58.6 Å². The lowest BCUT2D eigenvalue weighted by molar-refractivity contribution is -0.141. The number of hydrogen-bond donors (Lipinski definition) is 2. The third-order valence-corrected chi connectivity index (χ3v) is 4.57. The quantitative estimate of drug-likeness (QED) is 0.805. The lowest BCUT2D eigenvalue weighted by Crippen LogP contribution is -2.52. The van der Waals surface area contributed by atoms with Crippen LogP contribution in [0.3, 0.4) is 0 Å². The van der Waals surface area contributed by atoms with Crippen LogP contribution in [-0.2, 0) is 9.53 Å². The lowest BCUT2D eigenvalue weighted by atomic mass is 9.78. The van der Waals surface area contributed by atoms with Gasteiger partial charge in [0.15, 0.2) is 0 Å². The van der Waals surface area contributed by atoms with Crippen molar-refractivity contribution in [3.63, 3.8) is 0 Å². The van der Waals surface area contributed by atoms with Crippen molar-refractivity contribution in [1.82, 2.24) is 5.32 Å². The largest absolute Gasteiger partial charge is 0.480 e. The molecule has 0 amide bonds. The fourth-order valence-electron chi connectivity index (χ4n) is 3.57. The highest BCUT2D eigenvalue weighted by Gasteiger charge is 2.39. The third kappa shape index (κ3) is 3.93. The van der Waals surface area contributed by atoms with Crippen LogP contribution in [0.4, 0.5) is 0 Å². The molecule has 4 nitrogen and oxygen atoms in total. The van der Waals surface area contributed by atoms with Crippen LogP contribution >= 0.6 is 0 Å². The zero-order valence-electron chi connectivity index (χ0n) is 12.0. The number of rotatable bonds is 5. The lowest BCUT2D eigenvalue weighted by Gasteiger charge is -2.44. The van der Waals surface area contributed by atoms with Crippen LogP contribution in [0.1, 0.15) is 64.7 Å². The molecule has 19 heavy (non-hydrogen) atoms. The first-order valence-electron chi connectivity index (χ1n) is 7.78. The van der Waals surface area contributed by atoms with E-state index in [9.17, 15) is 9.90 Å². The minimum Gasteiger partial charge on any atom is -0.480 e. The smallest absolute Gasteiger partial charge is 0.320 e. The monoisotopic (exact) mass is 269 g/mol. The van der Waals surface area contributed by atoms with E-state index in [1.807, 2.05) is 6.92 Å². The van der Waals surface area contributed by atoms with E-state index in [1.54, 1.807) is 0 Å². The highest BCUT2D eigenvalue weighted by Crippen LogP contribution is 2.38. The molecule has 2 fully saturated rings. The number of nitrogens with one attached hydrogen (secondary N) is 1. The van der Waals surface area contributed by atoms with Crippen LogP contribution in [-0.4, -0.2) is 35.4 Å². The van der Waals surface area contributed by atoms with Crippen molar-refractivity contribution in [1.29, 1.82) is 0 Å². The minimum absolute atomic E-state index is 0.0451. The van der Waals surface area contributed by atoms with Gasteiger partial charge in [-0.3, -0.25) is 4.79 Å². The molecule has 1 heterocycles. The zero-order chi connectivity index (χ0) is 13.7. The Bertz CT molecular complexity index is 294. The molecule has 2 aliphatic rings. The van der Waals surface area contributed by atoms with Gasteiger partial charge < -0.3 is 15.2 Å². The Kier molecular flexibility index (Phi) is 5.22. The maximum atomic E-state index is 11.2. The summed E-state index contributed by atoms with van der Waals surface area (Å²) in [4.78, 5) is 11.2. The summed E-state index contributed by atoms with van der Waals surface area (Å²) >= 11 is 0. The summed E-state index contributed by atoms with van der Waals surface area (Å²) in [6.07, 6.45) is 9.66. The van der Waals surface area contributed by atoms with Gasteiger partial charge in [-0.25, -0.2) is 0 Å². The normalized spacial score (nSPS) is 28.2. The van der Waals surface area contributed by atoms with Crippen LogP contribution in [0.25, 0.3) is 0 Å². The molecular weight excluding hydrogens is 242 g/mol. The maximum Gasteiger partial charge on any atom is 0.320 e. The van der Waals surface area contributed by atoms with Crippen molar-refractivity contribution in [2.45, 2.75) is 82.4 Å². The van der Waals surface area contributed by atoms with Crippen LogP contribution in [0.15, 0.2) is 0 Å². The van der Waals surface area contributed by atoms with Gasteiger partial charge in [-0.15, -0.1) is 0 Å². The number of carbonyl (C=O) groups is 1. The second kappa shape index (κ2) is 6.71. The molecule has 0 aromatic carbocycles. The fourth-order valence-corrected chi connectivity index (χ4v) is 3.57. The first kappa shape index (κ1) is 14.8. The van der Waals surface area contributed by atoms with E-state index < -0.39 is 12.0 Å². The van der Waals surface area contributed by atoms with E-state index in [2.05, 4.69) is 5.32 Å². The third-order valence-electron chi connectivity index (χ3n) is 4.57. The summed E-state index contributed by atoms with van der Waals surface area (Å²) in [7, 11) is 0. The van der Waals surface area contributed by atoms with E-state index in [-0.39, 0.29) is 5.60 Å². The standard InChI is InChI=1S/C15H27NO3/c1-2-6-13(14(17)18)16-12-7-10-19-15(11-12)8-4-3-5-9-15/h12-13,16H,2-11H2,1H3,(H,17,18). The van der Waals surface area contributed by atoms with Crippen molar-refractivity contribution < 1.29 is 14.6 Å². The Morgan fingerprint density at radius 3 is 2.79 bits per heavy atom. The highest BCUT2D eigenvalue weighted by molar-refractivity contribution is 5.73. The van der Waals surface area contributed by atoms with Gasteiger partial charge in [0.05, 0.1) is 5.60 Å². The molecule has 1 spiro atoms. The Morgan fingerprint density at radius 1 is 1.42 bits per heavy atom. The Morgan fingerprint density at radius 2 is 2.16 bits per heavy atom. The van der Waals surface area contributed by atoms with E-state index in [1.165, 1.54) is 19.3 Å². The van der Waals surface area contributed by atoms with Gasteiger partial charge in [-0.2, -0.15) is 0 Å². The molecule has 2 N–H and O–H groups in total. The number of ether oxygens (including phenoxy) is 1. The SMILES string of the molecule is CCCC(NC1CCOC2(CCCCC2)C1)C(=O)O. The summed E-state index contributed by atoms with van der Waals surface area (Å²) in [5.74, 6) is -0.717. The van der Waals surface area contributed by atoms with Crippen LogP contribution in [0.2, 0.25) is 0 Å². The van der Waals surface area contributed by atoms with Crippen LogP contribution in [0, 0.1) is 0 Å². The van der Waals surface area contributed by atoms with E-state index in [4.69, 9.17) is 4.74 Å². The van der Waals surface area contributed by atoms with Crippen molar-refractivity contribution >= 4 is 5.97 Å². The molecule has 1 aliphatic heterocycles. The summed E-state index contributed by atoms with van der Waals surface area (Å²) in [6.45, 7) is 2.81. The molecule has 110 valence electrons. The second-order valence-electron chi connectivity index (χ2n) is 6.13. The van der Waals surface area contributed by atoms with E-state index in [0.29, 0.717) is 12.5 Å². The Hall–Kier alpha value is -0.610. The first-order valence-corrected chi connectivity index (χ1v) is 7.78. The van der Waals surface area contributed by atoms with Gasteiger partial charge in [0.25, 0.3) is 0 Å². The minimum atomic E-state index is -0.717. The summed E-state index contributed by atoms with van der Waals surface area (Å²) in [5, 5.41) is 12.6. The molecule has 0 aromatic heterocycles. The number of aliphatic carboxylic acids is 1. The molecule has 1 saturated carbocycles. The number of carboxylic acid groups (broad SMARTS) is 1. The molecule has 2 unspecified atom stereocenters. The first-order chi connectivity index (χ1) is 9.15. The molecule has 0 radical (unpaired) electrons. The predicted octanol–water partition coefficient (Wildman–Crippen LogP) is 2.71. The van der Waals surface area contributed by atoms with Gasteiger partial charge in [0, 0.05) is 12.6 Å². The average Bonchev–Trinajstić information content (AvgIpc) is 2.39. The van der Waals surface area contributed by atoms with Crippen LogP contribution in [0.5, 0.6) is 0 Å². The van der Waals surface area contributed by atoms with Gasteiger partial charge >= 0.3 is 5.97 Å². The fraction of sp³-hybridized carbons (Fsp3) is 0.933. The predicted molar refractivity (Wildman–Crippen MR) is 74.3 cm³/mol. The molecule has 2 rings (SSSR count). The maximum absolute atomic E-state index is 11.2. The number of hydrogen-bond acceptors (Lipinski definition) is 3. The van der Waals surface area contributed by atoms with Gasteiger partial charge in [0.2, 0.25) is 0 Å². The molecule has 0 bridgehead atoms. The number of carboxylic acids is 1. The average molecular weight is 269 g/mol. The van der Waals surface area contributed by atoms with E-state index in [0.717, 1.165) is 38.7 Å². The molecule has 2 atom stereocenters. The van der Waals surface area contributed by atoms with Gasteiger partial charge in [-0.1, -0.05) is 32.6 Å². The Labute approximate surface area is 115 Å². The van der Waals surface area contributed by atoms with Crippen molar-refractivity contribution in [2.24, 2.45) is 0 Å². The second-order valence-corrected chi connectivity index (χ2v) is 6.13. The molecule has 1 aliphatic carbocycles. The zero-order valence-corrected chi connectivity index (χ0v) is 12.0. The van der Waals surface area contributed by atoms with Crippen molar-refractivity contribution in [3.8, 4) is 0 Å². The summed E-state index contributed by atoms with van der Waals surface area (Å²) < 4.78 is 6.05. The molecule has 0 aromatic rings. The molecule has 4 heteroatoms. The summed E-state index contributed by atoms with van der Waals surface area (Å²) in [6, 6.07) is -0.0896. The summed E-state index contributed by atoms with van der Waals surface area (Å²) in [5.41, 5.74) is 0.0451. The molecular formula is C15H27NO3. The highest BCUT2D eigenvalue weighted by atomic mass is 16.5. The van der Waals surface area contributed by atoms with E-state index >= 15 is 0 Å². The Balaban J connectivity index is 1.91. The van der Waals surface area contributed by atoms with Gasteiger partial charge in [-0.05, 0) is 32.1 Å². The van der Waals surface area contributed by atoms with Gasteiger partial charge in [0.1, 0.15) is 6.04 Å². The van der Waals surface area contributed by atoms with Crippen LogP contribution < -0.4 is 5.32 Å². The van der Waals surface area contributed by atoms with Crippen molar-refractivity contribution in [2.75, 3.05) is 6.61 Å². The van der Waals surface area contributed by atoms with Crippen molar-refractivity contribution in [3.05, 3.63) is 0 Å².